The average molecular weight is 416 g/mol. The molecule has 0 bridgehead atoms. The molecule has 29 heavy (non-hydrogen) atoms. The third-order valence-corrected chi connectivity index (χ3v) is 4.75. The number of benzene rings is 2. The highest BCUT2D eigenvalue weighted by Crippen LogP contribution is 2.33. The lowest BCUT2D eigenvalue weighted by atomic mass is 10.1. The third-order valence-electron chi connectivity index (χ3n) is 4.33. The second kappa shape index (κ2) is 8.08. The first-order chi connectivity index (χ1) is 14.0. The zero-order chi connectivity index (χ0) is 20.4. The standard InChI is InChI=1S/C20H19ClFN5O2/c1-11(2)28-16-6-5-15(7-14(16)9-22)23-10-13-4-3-12-8-17(20-24-26-27-25-20)29-19(12)18(13)21/h3-8,11,23H,9-10H2,1-2H3,(H,24,25,26,27). The van der Waals surface area contributed by atoms with Crippen molar-refractivity contribution < 1.29 is 13.5 Å². The van der Waals surface area contributed by atoms with E-state index in [1.165, 1.54) is 0 Å². The topological polar surface area (TPSA) is 88.9 Å². The maximum absolute atomic E-state index is 13.4. The predicted octanol–water partition coefficient (Wildman–Crippen LogP) is 5.14. The van der Waals surface area contributed by atoms with Crippen molar-refractivity contribution in [3.8, 4) is 17.3 Å². The Morgan fingerprint density at radius 3 is 2.79 bits per heavy atom. The van der Waals surface area contributed by atoms with Gasteiger partial charge in [-0.25, -0.2) is 9.49 Å². The number of nitrogens with one attached hydrogen (secondary N) is 2. The Bertz CT molecular complexity index is 1130. The van der Waals surface area contributed by atoms with Crippen molar-refractivity contribution in [1.82, 2.24) is 20.6 Å². The molecule has 0 radical (unpaired) electrons. The molecule has 0 aliphatic carbocycles. The van der Waals surface area contributed by atoms with E-state index in [-0.39, 0.29) is 6.10 Å². The molecule has 9 heteroatoms. The number of H-pyrrole nitrogens is 1. The molecule has 2 heterocycles. The van der Waals surface area contributed by atoms with E-state index >= 15 is 0 Å². The summed E-state index contributed by atoms with van der Waals surface area (Å²) in [5.74, 6) is 1.49. The van der Waals surface area contributed by atoms with Gasteiger partial charge in [-0.2, -0.15) is 0 Å². The third kappa shape index (κ3) is 4.02. The van der Waals surface area contributed by atoms with Crippen LogP contribution in [0.4, 0.5) is 10.1 Å². The number of aromatic amines is 1. The average Bonchev–Trinajstić information content (AvgIpc) is 3.38. The summed E-state index contributed by atoms with van der Waals surface area (Å²) in [6.07, 6.45) is -0.0180. The molecule has 0 aliphatic rings. The monoisotopic (exact) mass is 415 g/mol. The quantitative estimate of drug-likeness (QED) is 0.434. The second-order valence-electron chi connectivity index (χ2n) is 6.79. The summed E-state index contributed by atoms with van der Waals surface area (Å²) in [7, 11) is 0. The summed E-state index contributed by atoms with van der Waals surface area (Å²) in [5, 5.41) is 18.2. The number of fused-ring (bicyclic) bond motifs is 1. The minimum absolute atomic E-state index is 0.0180. The molecular weight excluding hydrogens is 397 g/mol. The van der Waals surface area contributed by atoms with E-state index in [0.29, 0.717) is 40.0 Å². The van der Waals surface area contributed by atoms with Crippen molar-refractivity contribution in [3.05, 3.63) is 52.5 Å². The van der Waals surface area contributed by atoms with Gasteiger partial charge in [0.2, 0.25) is 5.82 Å². The summed E-state index contributed by atoms with van der Waals surface area (Å²) in [6.45, 7) is 3.66. The first-order valence-corrected chi connectivity index (χ1v) is 9.47. The summed E-state index contributed by atoms with van der Waals surface area (Å²) in [5.41, 5.74) is 2.68. The number of hydrogen-bond acceptors (Lipinski definition) is 6. The minimum Gasteiger partial charge on any atom is -0.491 e. The fraction of sp³-hybridized carbons (Fsp3) is 0.250. The number of furan rings is 1. The Kier molecular flexibility index (Phi) is 5.35. The molecule has 0 fully saturated rings. The molecule has 0 saturated heterocycles. The number of alkyl halides is 1. The van der Waals surface area contributed by atoms with Gasteiger partial charge in [-0.1, -0.05) is 23.7 Å². The Morgan fingerprint density at radius 2 is 2.07 bits per heavy atom. The summed E-state index contributed by atoms with van der Waals surface area (Å²) >= 11 is 6.55. The van der Waals surface area contributed by atoms with Crippen molar-refractivity contribution >= 4 is 28.3 Å². The Morgan fingerprint density at radius 1 is 1.21 bits per heavy atom. The van der Waals surface area contributed by atoms with Crippen LogP contribution in [0.25, 0.3) is 22.6 Å². The summed E-state index contributed by atoms with van der Waals surface area (Å²) in [6, 6.07) is 11.0. The van der Waals surface area contributed by atoms with E-state index in [4.69, 9.17) is 20.8 Å². The van der Waals surface area contributed by atoms with Crippen LogP contribution < -0.4 is 10.1 Å². The van der Waals surface area contributed by atoms with E-state index in [1.54, 1.807) is 12.1 Å². The van der Waals surface area contributed by atoms with E-state index in [9.17, 15) is 4.39 Å². The molecule has 0 amide bonds. The van der Waals surface area contributed by atoms with E-state index in [2.05, 4.69) is 25.9 Å². The molecule has 4 rings (SSSR count). The zero-order valence-electron chi connectivity index (χ0n) is 15.9. The van der Waals surface area contributed by atoms with Gasteiger partial charge in [0.25, 0.3) is 0 Å². The molecule has 0 spiro atoms. The number of anilines is 1. The lowest BCUT2D eigenvalue weighted by molar-refractivity contribution is 0.237. The van der Waals surface area contributed by atoms with Gasteiger partial charge >= 0.3 is 0 Å². The second-order valence-corrected chi connectivity index (χ2v) is 7.17. The maximum atomic E-state index is 13.4. The molecule has 7 nitrogen and oxygen atoms in total. The SMILES string of the molecule is CC(C)Oc1ccc(NCc2ccc3cc(-c4nnn[nH]4)oc3c2Cl)cc1CF. The normalized spacial score (nSPS) is 11.3. The van der Waals surface area contributed by atoms with Crippen LogP contribution in [0.1, 0.15) is 25.0 Å². The minimum atomic E-state index is -0.601. The van der Waals surface area contributed by atoms with E-state index < -0.39 is 6.67 Å². The number of halogens is 2. The van der Waals surface area contributed by atoms with E-state index in [1.807, 2.05) is 38.1 Å². The molecule has 0 saturated carbocycles. The number of tetrazole rings is 1. The van der Waals surface area contributed by atoms with Crippen molar-refractivity contribution in [2.45, 2.75) is 33.2 Å². The highest BCUT2D eigenvalue weighted by Gasteiger charge is 2.14. The van der Waals surface area contributed by atoms with Crippen molar-refractivity contribution in [2.24, 2.45) is 0 Å². The Labute approximate surface area is 171 Å². The summed E-state index contributed by atoms with van der Waals surface area (Å²) < 4.78 is 24.8. The van der Waals surface area contributed by atoms with E-state index in [0.717, 1.165) is 16.6 Å². The van der Waals surface area contributed by atoms with Gasteiger partial charge in [-0.15, -0.1) is 5.10 Å². The molecule has 2 aromatic heterocycles. The van der Waals surface area contributed by atoms with Crippen molar-refractivity contribution in [3.63, 3.8) is 0 Å². The van der Waals surface area contributed by atoms with Crippen LogP contribution >= 0.6 is 11.6 Å². The van der Waals surface area contributed by atoms with Crippen molar-refractivity contribution in [2.75, 3.05) is 5.32 Å². The Balaban J connectivity index is 1.54. The first kappa shape index (κ1) is 19.2. The largest absolute Gasteiger partial charge is 0.491 e. The van der Waals surface area contributed by atoms with Crippen LogP contribution in [-0.4, -0.2) is 26.7 Å². The van der Waals surface area contributed by atoms with Crippen LogP contribution in [0.5, 0.6) is 5.75 Å². The number of ether oxygens (including phenoxy) is 1. The van der Waals surface area contributed by atoms with Crippen LogP contribution in [0.2, 0.25) is 5.02 Å². The molecule has 2 aromatic carbocycles. The molecule has 0 aliphatic heterocycles. The van der Waals surface area contributed by atoms with Gasteiger partial charge in [0.1, 0.15) is 12.4 Å². The van der Waals surface area contributed by atoms with Gasteiger partial charge in [-0.05, 0) is 54.1 Å². The maximum Gasteiger partial charge on any atom is 0.215 e. The van der Waals surface area contributed by atoms with Gasteiger partial charge in [0.05, 0.1) is 11.1 Å². The molecule has 0 unspecified atom stereocenters. The lowest BCUT2D eigenvalue weighted by Crippen LogP contribution is -2.08. The highest BCUT2D eigenvalue weighted by molar-refractivity contribution is 6.35. The van der Waals surface area contributed by atoms with Crippen molar-refractivity contribution in [1.29, 1.82) is 0 Å². The number of rotatable bonds is 7. The highest BCUT2D eigenvalue weighted by atomic mass is 35.5. The van der Waals surface area contributed by atoms with Gasteiger partial charge in [-0.3, -0.25) is 0 Å². The molecule has 4 aromatic rings. The van der Waals surface area contributed by atoms with Gasteiger partial charge in [0, 0.05) is 23.2 Å². The van der Waals surface area contributed by atoms with Crippen LogP contribution in [0.3, 0.4) is 0 Å². The fourth-order valence-corrected chi connectivity index (χ4v) is 3.26. The first-order valence-electron chi connectivity index (χ1n) is 9.09. The fourth-order valence-electron chi connectivity index (χ4n) is 2.99. The predicted molar refractivity (Wildman–Crippen MR) is 109 cm³/mol. The molecule has 0 atom stereocenters. The molecular formula is C20H19ClFN5O2. The molecule has 150 valence electrons. The zero-order valence-corrected chi connectivity index (χ0v) is 16.6. The number of nitrogens with zero attached hydrogens (tertiary/aromatic N) is 3. The Hall–Kier alpha value is -3.13. The van der Waals surface area contributed by atoms with Gasteiger partial charge < -0.3 is 14.5 Å². The summed E-state index contributed by atoms with van der Waals surface area (Å²) in [4.78, 5) is 0. The van der Waals surface area contributed by atoms with Crippen LogP contribution in [-0.2, 0) is 13.2 Å². The van der Waals surface area contributed by atoms with Gasteiger partial charge in [0.15, 0.2) is 11.3 Å². The number of aromatic nitrogens is 4. The smallest absolute Gasteiger partial charge is 0.215 e. The van der Waals surface area contributed by atoms with Crippen LogP contribution in [0.15, 0.2) is 40.8 Å². The van der Waals surface area contributed by atoms with Crippen LogP contribution in [0, 0.1) is 0 Å². The lowest BCUT2D eigenvalue weighted by Gasteiger charge is -2.15. The molecule has 2 N–H and O–H groups in total. The number of hydrogen-bond donors (Lipinski definition) is 2.